The van der Waals surface area contributed by atoms with Gasteiger partial charge in [-0.15, -0.1) is 0 Å². The summed E-state index contributed by atoms with van der Waals surface area (Å²) in [4.78, 5) is 37.9. The van der Waals surface area contributed by atoms with Crippen LogP contribution in [0, 0.1) is 5.82 Å². The van der Waals surface area contributed by atoms with E-state index in [-0.39, 0.29) is 0 Å². The van der Waals surface area contributed by atoms with Gasteiger partial charge in [0.05, 0.1) is 11.1 Å². The molecular weight excluding hydrogens is 361 g/mol. The highest BCUT2D eigenvalue weighted by Gasteiger charge is 2.33. The lowest BCUT2D eigenvalue weighted by Gasteiger charge is -2.27. The first kappa shape index (κ1) is 17.8. The molecule has 0 bridgehead atoms. The predicted octanol–water partition coefficient (Wildman–Crippen LogP) is 3.35. The van der Waals surface area contributed by atoms with Gasteiger partial charge >= 0.3 is 0 Å². The molecule has 1 aliphatic heterocycles. The molecule has 7 heteroatoms. The van der Waals surface area contributed by atoms with E-state index >= 15 is 0 Å². The molecular formula is C21H16FN3O3. The summed E-state index contributed by atoms with van der Waals surface area (Å²) in [5.74, 6) is -1.75. The molecule has 140 valence electrons. The number of benzene rings is 3. The summed E-state index contributed by atoms with van der Waals surface area (Å²) in [5.41, 5.74) is 4.22. The van der Waals surface area contributed by atoms with Gasteiger partial charge in [-0.05, 0) is 47.9 Å². The average Bonchev–Trinajstić information content (AvgIpc) is 2.69. The maximum atomic E-state index is 13.1. The Morgan fingerprint density at radius 3 is 2.43 bits per heavy atom. The van der Waals surface area contributed by atoms with E-state index in [1.54, 1.807) is 37.3 Å². The van der Waals surface area contributed by atoms with Crippen molar-refractivity contribution in [3.05, 3.63) is 77.1 Å². The quantitative estimate of drug-likeness (QED) is 0.684. The summed E-state index contributed by atoms with van der Waals surface area (Å²) in [5, 5.41) is 4.95. The van der Waals surface area contributed by atoms with E-state index < -0.39 is 23.5 Å². The molecule has 0 fully saturated rings. The van der Waals surface area contributed by atoms with Crippen LogP contribution < -0.4 is 10.7 Å². The number of anilines is 1. The Morgan fingerprint density at radius 1 is 1.00 bits per heavy atom. The van der Waals surface area contributed by atoms with E-state index in [9.17, 15) is 18.8 Å². The summed E-state index contributed by atoms with van der Waals surface area (Å²) in [7, 11) is 0. The lowest BCUT2D eigenvalue weighted by Crippen LogP contribution is -2.49. The van der Waals surface area contributed by atoms with E-state index in [1.165, 1.54) is 24.3 Å². The first-order chi connectivity index (χ1) is 13.5. The maximum Gasteiger partial charge on any atom is 0.276 e. The number of carbonyl (C=O) groups is 3. The molecule has 6 nitrogen and oxygen atoms in total. The van der Waals surface area contributed by atoms with Gasteiger partial charge in [-0.25, -0.2) is 14.8 Å². The van der Waals surface area contributed by atoms with E-state index in [0.717, 1.165) is 5.01 Å². The number of hydrogen-bond acceptors (Lipinski definition) is 4. The van der Waals surface area contributed by atoms with Gasteiger partial charge in [0.25, 0.3) is 17.7 Å². The van der Waals surface area contributed by atoms with Crippen LogP contribution in [0.4, 0.5) is 10.1 Å². The van der Waals surface area contributed by atoms with Crippen molar-refractivity contribution in [2.24, 2.45) is 0 Å². The molecule has 3 aromatic carbocycles. The van der Waals surface area contributed by atoms with Gasteiger partial charge in [0, 0.05) is 23.2 Å². The fourth-order valence-electron chi connectivity index (χ4n) is 3.29. The summed E-state index contributed by atoms with van der Waals surface area (Å²) < 4.78 is 13.1. The van der Waals surface area contributed by atoms with Crippen molar-refractivity contribution in [3.8, 4) is 0 Å². The molecule has 0 atom stereocenters. The highest BCUT2D eigenvalue weighted by atomic mass is 19.1. The minimum absolute atomic E-state index is 0.291. The molecule has 0 radical (unpaired) electrons. The number of halogens is 1. The van der Waals surface area contributed by atoms with E-state index in [4.69, 9.17) is 0 Å². The number of rotatable bonds is 4. The molecule has 1 heterocycles. The fourth-order valence-corrected chi connectivity index (χ4v) is 3.29. The molecule has 0 spiro atoms. The van der Waals surface area contributed by atoms with Crippen molar-refractivity contribution in [2.75, 3.05) is 11.9 Å². The highest BCUT2D eigenvalue weighted by Crippen LogP contribution is 2.32. The zero-order chi connectivity index (χ0) is 19.8. The van der Waals surface area contributed by atoms with Crippen molar-refractivity contribution >= 4 is 34.2 Å². The molecule has 1 aliphatic rings. The third-order valence-electron chi connectivity index (χ3n) is 4.52. The third kappa shape index (κ3) is 2.91. The first-order valence-electron chi connectivity index (χ1n) is 8.75. The van der Waals surface area contributed by atoms with Crippen LogP contribution in [0.15, 0.2) is 54.6 Å². The Labute approximate surface area is 159 Å². The molecule has 28 heavy (non-hydrogen) atoms. The summed E-state index contributed by atoms with van der Waals surface area (Å²) >= 11 is 0. The van der Waals surface area contributed by atoms with Crippen molar-refractivity contribution < 1.29 is 18.8 Å². The minimum Gasteiger partial charge on any atom is -0.322 e. The van der Waals surface area contributed by atoms with Gasteiger partial charge in [0.15, 0.2) is 0 Å². The van der Waals surface area contributed by atoms with Crippen LogP contribution in [0.5, 0.6) is 0 Å². The summed E-state index contributed by atoms with van der Waals surface area (Å²) in [6.07, 6.45) is 0. The average molecular weight is 377 g/mol. The van der Waals surface area contributed by atoms with E-state index in [2.05, 4.69) is 10.7 Å². The molecule has 0 aromatic heterocycles. The third-order valence-corrected chi connectivity index (χ3v) is 4.52. The summed E-state index contributed by atoms with van der Waals surface area (Å²) in [6.45, 7) is 2.19. The number of hydrogen-bond donors (Lipinski definition) is 2. The molecule has 0 unspecified atom stereocenters. The standard InChI is InChI=1S/C21H16FN3O3/c1-2-23-25-20(27)16-5-3-4-13-10-15(11-17(18(13)16)21(25)28)24-19(26)12-6-8-14(22)9-7-12/h3-11,23H,2H2,1H3,(H,24,26). The molecule has 2 N–H and O–H groups in total. The molecule has 3 aromatic rings. The largest absolute Gasteiger partial charge is 0.322 e. The van der Waals surface area contributed by atoms with Gasteiger partial charge in [0.1, 0.15) is 5.82 Å². The van der Waals surface area contributed by atoms with Gasteiger partial charge in [-0.3, -0.25) is 14.4 Å². The number of nitrogens with one attached hydrogen (secondary N) is 2. The number of carbonyl (C=O) groups excluding carboxylic acids is 3. The van der Waals surface area contributed by atoms with Crippen LogP contribution in [0.3, 0.4) is 0 Å². The predicted molar refractivity (Wildman–Crippen MR) is 102 cm³/mol. The Bertz CT molecular complexity index is 1130. The second kappa shape index (κ2) is 6.86. The Kier molecular flexibility index (Phi) is 4.37. The van der Waals surface area contributed by atoms with Crippen LogP contribution in [-0.2, 0) is 0 Å². The zero-order valence-corrected chi connectivity index (χ0v) is 15.0. The van der Waals surface area contributed by atoms with Crippen molar-refractivity contribution in [2.45, 2.75) is 6.92 Å². The minimum atomic E-state index is -0.478. The molecule has 4 rings (SSSR count). The lowest BCUT2D eigenvalue weighted by atomic mass is 9.94. The van der Waals surface area contributed by atoms with Gasteiger partial charge in [0.2, 0.25) is 0 Å². The van der Waals surface area contributed by atoms with Gasteiger partial charge < -0.3 is 5.32 Å². The number of amides is 3. The van der Waals surface area contributed by atoms with E-state index in [0.29, 0.717) is 39.7 Å². The molecule has 0 saturated heterocycles. The van der Waals surface area contributed by atoms with Crippen molar-refractivity contribution in [1.29, 1.82) is 0 Å². The lowest BCUT2D eigenvalue weighted by molar-refractivity contribution is 0.0525. The number of nitrogens with zero attached hydrogens (tertiary/aromatic N) is 1. The zero-order valence-electron chi connectivity index (χ0n) is 15.0. The maximum absolute atomic E-state index is 13.1. The second-order valence-corrected chi connectivity index (χ2v) is 6.35. The Hall–Kier alpha value is -3.58. The first-order valence-corrected chi connectivity index (χ1v) is 8.75. The molecule has 0 aliphatic carbocycles. The SMILES string of the molecule is CCNN1C(=O)c2cccc3cc(NC(=O)c4ccc(F)cc4)cc(c23)C1=O. The van der Waals surface area contributed by atoms with Crippen LogP contribution in [0.2, 0.25) is 0 Å². The highest BCUT2D eigenvalue weighted by molar-refractivity contribution is 6.26. The van der Waals surface area contributed by atoms with Crippen molar-refractivity contribution in [3.63, 3.8) is 0 Å². The van der Waals surface area contributed by atoms with Crippen LogP contribution in [-0.4, -0.2) is 29.3 Å². The normalized spacial score (nSPS) is 13.1. The number of imide groups is 1. The fraction of sp³-hybridized carbons (Fsp3) is 0.0952. The monoisotopic (exact) mass is 377 g/mol. The van der Waals surface area contributed by atoms with Crippen molar-refractivity contribution in [1.82, 2.24) is 10.4 Å². The van der Waals surface area contributed by atoms with Crippen LogP contribution in [0.1, 0.15) is 38.0 Å². The molecule has 3 amide bonds. The van der Waals surface area contributed by atoms with E-state index in [1.807, 2.05) is 0 Å². The topological polar surface area (TPSA) is 78.5 Å². The summed E-state index contributed by atoms with van der Waals surface area (Å²) in [6, 6.07) is 13.6. The Balaban J connectivity index is 1.77. The van der Waals surface area contributed by atoms with Crippen LogP contribution in [0.25, 0.3) is 10.8 Å². The smallest absolute Gasteiger partial charge is 0.276 e. The second-order valence-electron chi connectivity index (χ2n) is 6.35. The molecule has 0 saturated carbocycles. The number of hydrazine groups is 1. The van der Waals surface area contributed by atoms with Gasteiger partial charge in [-0.1, -0.05) is 19.1 Å². The van der Waals surface area contributed by atoms with Gasteiger partial charge in [-0.2, -0.15) is 0 Å². The Morgan fingerprint density at radius 2 is 1.71 bits per heavy atom. The van der Waals surface area contributed by atoms with Crippen LogP contribution >= 0.6 is 0 Å².